The number of nitrogens with two attached hydrogens (primary N) is 1. The third kappa shape index (κ3) is 3.59. The van der Waals surface area contributed by atoms with E-state index in [1.165, 1.54) is 0 Å². The average Bonchev–Trinajstić information content (AvgIpc) is 3.30. The fraction of sp³-hybridized carbons (Fsp3) is 0.368. The van der Waals surface area contributed by atoms with E-state index in [9.17, 15) is 18.8 Å². The molecule has 0 bridgehead atoms. The first-order valence-electron chi connectivity index (χ1n) is 9.16. The van der Waals surface area contributed by atoms with Gasteiger partial charge >= 0.3 is 0 Å². The maximum atomic E-state index is 14.1. The Balaban J connectivity index is 1.57. The number of carbonyl (C=O) groups excluding carboxylic acids is 1. The number of rotatable bonds is 4. The predicted molar refractivity (Wildman–Crippen MR) is 104 cm³/mol. The van der Waals surface area contributed by atoms with Crippen molar-refractivity contribution >= 4 is 22.8 Å². The topological polar surface area (TPSA) is 109 Å². The zero-order valence-corrected chi connectivity index (χ0v) is 16.1. The number of hydrogen-bond donors (Lipinski definition) is 2. The summed E-state index contributed by atoms with van der Waals surface area (Å²) >= 11 is 0.922. The van der Waals surface area contributed by atoms with Gasteiger partial charge in [-0.15, -0.1) is 0 Å². The lowest BCUT2D eigenvalue weighted by molar-refractivity contribution is -0.0908. The zero-order valence-electron chi connectivity index (χ0n) is 15.3. The highest BCUT2D eigenvalue weighted by molar-refractivity contribution is 7.14. The Labute approximate surface area is 169 Å². The van der Waals surface area contributed by atoms with Gasteiger partial charge in [-0.3, -0.25) is 4.79 Å². The Bertz CT molecular complexity index is 1100. The maximum absolute atomic E-state index is 14.1. The summed E-state index contributed by atoms with van der Waals surface area (Å²) in [6.45, 7) is -0.236. The van der Waals surface area contributed by atoms with Gasteiger partial charge in [-0.25, -0.2) is 18.3 Å². The molecule has 1 fully saturated rings. The normalized spacial score (nSPS) is 21.0. The minimum absolute atomic E-state index is 0.0412. The molecule has 1 aliphatic carbocycles. The van der Waals surface area contributed by atoms with Crippen molar-refractivity contribution in [3.05, 3.63) is 40.5 Å². The number of halogens is 2. The number of nitrogens with zero attached hydrogens (tertiary/aromatic N) is 4. The molecule has 150 valence electrons. The van der Waals surface area contributed by atoms with Gasteiger partial charge in [0.15, 0.2) is 5.01 Å². The lowest BCUT2D eigenvalue weighted by Gasteiger charge is -2.35. The van der Waals surface area contributed by atoms with Gasteiger partial charge in [0.25, 0.3) is 11.8 Å². The van der Waals surface area contributed by atoms with Crippen molar-refractivity contribution in [1.29, 1.82) is 5.26 Å². The number of aromatic nitrogens is 3. The van der Waals surface area contributed by atoms with E-state index in [1.807, 2.05) is 24.3 Å². The standard InChI is InChI=1S/C19H18F2N6OS/c20-19(21)6-3-4-13(23)12(19)10-24-17(28)18-26-16(15(8-22)29-18)11-9-25-27-7-2-1-5-14(11)27/h1-2,5,7,9,12-13H,3-4,6,10,23H2,(H,24,28). The van der Waals surface area contributed by atoms with Crippen LogP contribution in [0, 0.1) is 17.2 Å². The Morgan fingerprint density at radius 3 is 3.07 bits per heavy atom. The molecule has 7 nitrogen and oxygen atoms in total. The summed E-state index contributed by atoms with van der Waals surface area (Å²) in [5.41, 5.74) is 7.57. The van der Waals surface area contributed by atoms with Crippen LogP contribution >= 0.6 is 11.3 Å². The van der Waals surface area contributed by atoms with Gasteiger partial charge in [0.2, 0.25) is 0 Å². The van der Waals surface area contributed by atoms with Crippen molar-refractivity contribution in [3.63, 3.8) is 0 Å². The molecule has 29 heavy (non-hydrogen) atoms. The zero-order chi connectivity index (χ0) is 20.6. The molecule has 0 aromatic carbocycles. The quantitative estimate of drug-likeness (QED) is 0.680. The number of nitriles is 1. The SMILES string of the molecule is N#Cc1sc(C(=O)NCC2C(N)CCCC2(F)F)nc1-c1cnn2ccccc12. The highest BCUT2D eigenvalue weighted by Gasteiger charge is 2.45. The van der Waals surface area contributed by atoms with Gasteiger partial charge in [-0.2, -0.15) is 10.4 Å². The smallest absolute Gasteiger partial charge is 0.280 e. The first-order chi connectivity index (χ1) is 13.9. The molecule has 1 amide bonds. The van der Waals surface area contributed by atoms with Crippen molar-refractivity contribution in [2.75, 3.05) is 6.54 Å². The van der Waals surface area contributed by atoms with Gasteiger partial charge < -0.3 is 11.1 Å². The number of amides is 1. The summed E-state index contributed by atoms with van der Waals surface area (Å²) < 4.78 is 29.9. The summed E-state index contributed by atoms with van der Waals surface area (Å²) in [7, 11) is 0. The Morgan fingerprint density at radius 1 is 1.48 bits per heavy atom. The molecule has 4 rings (SSSR count). The van der Waals surface area contributed by atoms with E-state index in [0.29, 0.717) is 24.1 Å². The van der Waals surface area contributed by atoms with E-state index in [2.05, 4.69) is 15.4 Å². The van der Waals surface area contributed by atoms with Crippen LogP contribution in [0.3, 0.4) is 0 Å². The van der Waals surface area contributed by atoms with Gasteiger partial charge in [0, 0.05) is 30.8 Å². The number of hydrogen-bond acceptors (Lipinski definition) is 6. The van der Waals surface area contributed by atoms with Crippen molar-refractivity contribution in [2.24, 2.45) is 11.7 Å². The first kappa shape index (κ1) is 19.4. The number of fused-ring (bicyclic) bond motifs is 1. The fourth-order valence-electron chi connectivity index (χ4n) is 3.64. The van der Waals surface area contributed by atoms with Crippen molar-refractivity contribution in [2.45, 2.75) is 31.2 Å². The molecule has 2 atom stereocenters. The molecule has 10 heteroatoms. The Kier molecular flexibility index (Phi) is 5.02. The summed E-state index contributed by atoms with van der Waals surface area (Å²) in [5, 5.41) is 16.2. The molecule has 2 unspecified atom stereocenters. The molecule has 3 N–H and O–H groups in total. The van der Waals surface area contributed by atoms with Crippen LogP contribution in [-0.2, 0) is 0 Å². The van der Waals surface area contributed by atoms with Crippen LogP contribution in [0.25, 0.3) is 16.8 Å². The van der Waals surface area contributed by atoms with Gasteiger partial charge in [0.1, 0.15) is 16.6 Å². The number of alkyl halides is 2. The Hall–Kier alpha value is -2.90. The predicted octanol–water partition coefficient (Wildman–Crippen LogP) is 2.82. The van der Waals surface area contributed by atoms with E-state index < -0.39 is 23.8 Å². The van der Waals surface area contributed by atoms with E-state index >= 15 is 0 Å². The number of nitrogens with one attached hydrogen (secondary N) is 1. The van der Waals surface area contributed by atoms with Crippen molar-refractivity contribution in [3.8, 4) is 17.3 Å². The third-order valence-electron chi connectivity index (χ3n) is 5.19. The molecule has 3 aromatic rings. The van der Waals surface area contributed by atoms with E-state index in [0.717, 1.165) is 16.9 Å². The lowest BCUT2D eigenvalue weighted by atomic mass is 9.81. The second-order valence-corrected chi connectivity index (χ2v) is 8.03. The molecule has 3 aromatic heterocycles. The van der Waals surface area contributed by atoms with Gasteiger partial charge in [-0.05, 0) is 25.0 Å². The molecule has 0 radical (unpaired) electrons. The second-order valence-electron chi connectivity index (χ2n) is 7.03. The summed E-state index contributed by atoms with van der Waals surface area (Å²) in [5.74, 6) is -4.62. The highest BCUT2D eigenvalue weighted by atomic mass is 32.1. The first-order valence-corrected chi connectivity index (χ1v) is 9.97. The van der Waals surface area contributed by atoms with Crippen molar-refractivity contribution < 1.29 is 13.6 Å². The van der Waals surface area contributed by atoms with Crippen LogP contribution in [-0.4, -0.2) is 39.0 Å². The summed E-state index contributed by atoms with van der Waals surface area (Å²) in [6, 6.07) is 6.86. The summed E-state index contributed by atoms with van der Waals surface area (Å²) in [6.07, 6.45) is 3.99. The van der Waals surface area contributed by atoms with Crippen LogP contribution in [0.5, 0.6) is 0 Å². The third-order valence-corrected chi connectivity index (χ3v) is 6.15. The van der Waals surface area contributed by atoms with Crippen molar-refractivity contribution in [1.82, 2.24) is 19.9 Å². The van der Waals surface area contributed by atoms with Crippen LogP contribution in [0.15, 0.2) is 30.6 Å². The number of carbonyl (C=O) groups is 1. The molecule has 1 aliphatic rings. The van der Waals surface area contributed by atoms with E-state index in [1.54, 1.807) is 16.9 Å². The van der Waals surface area contributed by atoms with E-state index in [-0.39, 0.29) is 22.9 Å². The molecular formula is C19H18F2N6OS. The molecule has 1 saturated carbocycles. The van der Waals surface area contributed by atoms with Gasteiger partial charge in [-0.1, -0.05) is 17.4 Å². The summed E-state index contributed by atoms with van der Waals surface area (Å²) in [4.78, 5) is 17.1. The van der Waals surface area contributed by atoms with Crippen LogP contribution in [0.2, 0.25) is 0 Å². The largest absolute Gasteiger partial charge is 0.349 e. The molecule has 0 spiro atoms. The highest BCUT2D eigenvalue weighted by Crippen LogP contribution is 2.37. The minimum atomic E-state index is -2.91. The Morgan fingerprint density at radius 2 is 2.31 bits per heavy atom. The molecule has 0 aliphatic heterocycles. The lowest BCUT2D eigenvalue weighted by Crippen LogP contribution is -2.51. The van der Waals surface area contributed by atoms with Crippen LogP contribution in [0.4, 0.5) is 8.78 Å². The second kappa shape index (κ2) is 7.50. The monoisotopic (exact) mass is 416 g/mol. The molecular weight excluding hydrogens is 398 g/mol. The number of pyridine rings is 1. The molecule has 3 heterocycles. The average molecular weight is 416 g/mol. The molecule has 0 saturated heterocycles. The number of thiazole rings is 1. The fourth-order valence-corrected chi connectivity index (χ4v) is 4.44. The van der Waals surface area contributed by atoms with Crippen LogP contribution in [0.1, 0.15) is 33.9 Å². The van der Waals surface area contributed by atoms with Crippen LogP contribution < -0.4 is 11.1 Å². The minimum Gasteiger partial charge on any atom is -0.349 e. The van der Waals surface area contributed by atoms with Gasteiger partial charge in [0.05, 0.1) is 17.6 Å². The maximum Gasteiger partial charge on any atom is 0.280 e. The van der Waals surface area contributed by atoms with E-state index in [4.69, 9.17) is 5.73 Å².